The number of aromatic nitrogens is 12. The lowest BCUT2D eigenvalue weighted by molar-refractivity contribution is -0.688. The highest BCUT2D eigenvalue weighted by molar-refractivity contribution is 5.28. The summed E-state index contributed by atoms with van der Waals surface area (Å²) in [7, 11) is 0. The maximum atomic E-state index is 2.33. The zero-order valence-corrected chi connectivity index (χ0v) is 51.3. The highest BCUT2D eigenvalue weighted by Gasteiger charge is 2.15. The standard InChI is InChI=1S/C74H92N12/c1-3-5-7-9-11-15-35-75-37-39-77(59-75)49-65-19-23-67(24-20-65)51-79-41-43-81(61-79)53-69-27-31-71(32-28-69)55-83-45-47-85(63-83)57-73-17-13-14-18-74(73)58-86-48-46-84(64-86)56-72-33-29-70(30-34-72)54-82-44-42-80(62-82)52-68-25-21-66(22-26-68)50-78-40-38-76(60-78)36-16-12-10-8-6-4-2/h13-14,17-34,37-48,59-64H,3-12,15-16,35-36,49-58H2,1-2H3/q+6. The highest BCUT2D eigenvalue weighted by Crippen LogP contribution is 2.15. The normalized spacial score (nSPS) is 11.6. The number of aryl methyl sites for hydroxylation is 2. The Bertz CT molecular complexity index is 3510. The van der Waals surface area contributed by atoms with Gasteiger partial charge >= 0.3 is 0 Å². The van der Waals surface area contributed by atoms with Crippen LogP contribution in [0, 0.1) is 0 Å². The molecule has 0 aliphatic rings. The van der Waals surface area contributed by atoms with Crippen LogP contribution >= 0.6 is 0 Å². The molecule has 12 nitrogen and oxygen atoms in total. The van der Waals surface area contributed by atoms with Gasteiger partial charge in [0.25, 0.3) is 0 Å². The topological polar surface area (TPSA) is 52.9 Å². The van der Waals surface area contributed by atoms with Gasteiger partial charge in [0.2, 0.25) is 38.0 Å². The summed E-state index contributed by atoms with van der Waals surface area (Å²) in [6.07, 6.45) is 55.7. The first-order chi connectivity index (χ1) is 42.4. The second-order valence-electron chi connectivity index (χ2n) is 24.3. The fourth-order valence-corrected chi connectivity index (χ4v) is 11.9. The Balaban J connectivity index is 0.590. The molecule has 0 N–H and O–H groups in total. The van der Waals surface area contributed by atoms with Crippen LogP contribution in [0.15, 0.2) is 234 Å². The van der Waals surface area contributed by atoms with Crippen molar-refractivity contribution in [2.75, 3.05) is 0 Å². The molecule has 0 bridgehead atoms. The van der Waals surface area contributed by atoms with E-state index in [-0.39, 0.29) is 0 Å². The van der Waals surface area contributed by atoms with Gasteiger partial charge in [0.1, 0.15) is 140 Å². The maximum absolute atomic E-state index is 2.33. The Labute approximate surface area is 511 Å². The summed E-state index contributed by atoms with van der Waals surface area (Å²) in [5.41, 5.74) is 13.1. The molecule has 86 heavy (non-hydrogen) atoms. The van der Waals surface area contributed by atoms with E-state index in [1.807, 2.05) is 0 Å². The first-order valence-electron chi connectivity index (χ1n) is 32.1. The van der Waals surface area contributed by atoms with Gasteiger partial charge in [0.15, 0.2) is 0 Å². The van der Waals surface area contributed by atoms with E-state index in [1.54, 1.807) is 0 Å². The van der Waals surface area contributed by atoms with Crippen LogP contribution in [0.5, 0.6) is 0 Å². The highest BCUT2D eigenvalue weighted by atomic mass is 15.1. The van der Waals surface area contributed by atoms with E-state index >= 15 is 0 Å². The van der Waals surface area contributed by atoms with Crippen molar-refractivity contribution in [3.8, 4) is 0 Å². The van der Waals surface area contributed by atoms with Gasteiger partial charge in [-0.05, 0) is 70.2 Å². The van der Waals surface area contributed by atoms with Crippen molar-refractivity contribution in [2.45, 2.75) is 169 Å². The predicted molar refractivity (Wildman–Crippen MR) is 338 cm³/mol. The van der Waals surface area contributed by atoms with Gasteiger partial charge < -0.3 is 0 Å². The summed E-state index contributed by atoms with van der Waals surface area (Å²) in [6.45, 7) is 15.2. The van der Waals surface area contributed by atoms with Crippen molar-refractivity contribution in [3.05, 3.63) is 289 Å². The summed E-state index contributed by atoms with van der Waals surface area (Å²) in [5.74, 6) is 0. The van der Waals surface area contributed by atoms with Crippen molar-refractivity contribution in [1.82, 2.24) is 27.4 Å². The van der Waals surface area contributed by atoms with Gasteiger partial charge in [-0.3, -0.25) is 0 Å². The van der Waals surface area contributed by atoms with E-state index in [2.05, 4.69) is 302 Å². The van der Waals surface area contributed by atoms with Crippen LogP contribution in [0.1, 0.15) is 147 Å². The third-order valence-electron chi connectivity index (χ3n) is 16.9. The Hall–Kier alpha value is -8.64. The second kappa shape index (κ2) is 30.4. The zero-order valence-electron chi connectivity index (χ0n) is 51.3. The molecule has 0 aliphatic carbocycles. The lowest BCUT2D eigenvalue weighted by atomic mass is 10.1. The monoisotopic (exact) mass is 1150 g/mol. The molecule has 0 saturated carbocycles. The maximum Gasteiger partial charge on any atom is 0.244 e. The Morgan fingerprint density at radius 3 is 0.767 bits per heavy atom. The summed E-state index contributed by atoms with van der Waals surface area (Å²) in [4.78, 5) is 0. The molecule has 442 valence electrons. The fraction of sp³-hybridized carbons (Fsp3) is 0.351. The average molecular weight is 1150 g/mol. The van der Waals surface area contributed by atoms with Gasteiger partial charge in [-0.2, -0.15) is 0 Å². The molecule has 0 aliphatic heterocycles. The van der Waals surface area contributed by atoms with Gasteiger partial charge in [0, 0.05) is 11.1 Å². The third kappa shape index (κ3) is 18.0. The van der Waals surface area contributed by atoms with E-state index in [4.69, 9.17) is 0 Å². The molecule has 0 saturated heterocycles. The quantitative estimate of drug-likeness (QED) is 0.0285. The molecule has 0 fully saturated rings. The first-order valence-corrected chi connectivity index (χ1v) is 32.1. The number of hydrogen-bond acceptors (Lipinski definition) is 0. The lowest BCUT2D eigenvalue weighted by Crippen LogP contribution is -2.32. The zero-order chi connectivity index (χ0) is 58.5. The van der Waals surface area contributed by atoms with Gasteiger partial charge in [-0.25, -0.2) is 54.8 Å². The number of hydrogen-bond donors (Lipinski definition) is 0. The largest absolute Gasteiger partial charge is 0.244 e. The van der Waals surface area contributed by atoms with E-state index in [1.165, 1.54) is 133 Å². The van der Waals surface area contributed by atoms with Crippen LogP contribution in [0.2, 0.25) is 0 Å². The number of nitrogens with zero attached hydrogens (tertiary/aromatic N) is 12. The molecule has 0 unspecified atom stereocenters. The smallest absolute Gasteiger partial charge is 0.237 e. The summed E-state index contributed by atoms with van der Waals surface area (Å²) in [5, 5.41) is 0. The Morgan fingerprint density at radius 2 is 0.477 bits per heavy atom. The van der Waals surface area contributed by atoms with Crippen LogP contribution in [0.3, 0.4) is 0 Å². The molecular formula is C74H92N12+6. The molecule has 0 atom stereocenters. The minimum atomic E-state index is 0.817. The lowest BCUT2D eigenvalue weighted by Gasteiger charge is -2.06. The average Bonchev–Trinajstić information content (AvgIpc) is 4.57. The van der Waals surface area contributed by atoms with Crippen LogP contribution in [0.4, 0.5) is 0 Å². The van der Waals surface area contributed by atoms with E-state index in [9.17, 15) is 0 Å². The molecule has 5 aromatic carbocycles. The molecule has 6 aromatic heterocycles. The Morgan fingerprint density at radius 1 is 0.244 bits per heavy atom. The van der Waals surface area contributed by atoms with E-state index in [0.717, 1.165) is 78.5 Å². The molecule has 0 spiro atoms. The number of unbranched alkanes of at least 4 members (excludes halogenated alkanes) is 10. The summed E-state index contributed by atoms with van der Waals surface area (Å²) >= 11 is 0. The molecule has 12 heteroatoms. The number of rotatable bonds is 34. The molecule has 6 heterocycles. The first kappa shape index (κ1) is 59.1. The van der Waals surface area contributed by atoms with Crippen LogP contribution < -0.4 is 27.4 Å². The van der Waals surface area contributed by atoms with Crippen LogP contribution in [-0.4, -0.2) is 27.4 Å². The van der Waals surface area contributed by atoms with Crippen molar-refractivity contribution in [1.29, 1.82) is 0 Å². The summed E-state index contributed by atoms with van der Waals surface area (Å²) < 4.78 is 27.5. The molecule has 0 radical (unpaired) electrons. The predicted octanol–water partition coefficient (Wildman–Crippen LogP) is 11.4. The van der Waals surface area contributed by atoms with E-state index in [0.29, 0.717) is 0 Å². The van der Waals surface area contributed by atoms with Crippen molar-refractivity contribution >= 4 is 0 Å². The molecule has 11 rings (SSSR count). The third-order valence-corrected chi connectivity index (χ3v) is 16.9. The fourth-order valence-electron chi connectivity index (χ4n) is 11.9. The van der Waals surface area contributed by atoms with Gasteiger partial charge in [-0.15, -0.1) is 0 Å². The SMILES string of the molecule is CCCCCCCCn1cc[n+](Cc2ccc(C[n+]3ccn(Cc4ccc(C[n+]5ccn(Cc6ccccc6Cn6cc[n+](Cc7ccc(Cn8cc[n+](Cc9ccc(C[n+]%10ccn(CCCCCCCC)c%10)cc9)c8)cc7)c6)c5)cc4)c3)cc2)c1. The molecule has 0 amide bonds. The van der Waals surface area contributed by atoms with Crippen molar-refractivity contribution in [3.63, 3.8) is 0 Å². The van der Waals surface area contributed by atoms with Crippen LogP contribution in [0.25, 0.3) is 0 Å². The molecule has 11 aromatic rings. The van der Waals surface area contributed by atoms with Crippen LogP contribution in [-0.2, 0) is 78.5 Å². The van der Waals surface area contributed by atoms with Crippen molar-refractivity contribution < 1.29 is 27.4 Å². The minimum absolute atomic E-state index is 0.817. The Kier molecular flexibility index (Phi) is 20.9. The van der Waals surface area contributed by atoms with Gasteiger partial charge in [-0.1, -0.05) is 187 Å². The summed E-state index contributed by atoms with van der Waals surface area (Å²) in [6, 6.07) is 45.2. The van der Waals surface area contributed by atoms with E-state index < -0.39 is 0 Å². The number of imidazole rings is 6. The van der Waals surface area contributed by atoms with Gasteiger partial charge in [0.05, 0.1) is 13.1 Å². The second-order valence-corrected chi connectivity index (χ2v) is 24.3. The number of benzene rings is 5. The van der Waals surface area contributed by atoms with Crippen molar-refractivity contribution in [2.24, 2.45) is 0 Å². The molecular weight excluding hydrogens is 1060 g/mol. The minimum Gasteiger partial charge on any atom is -0.237 e.